The van der Waals surface area contributed by atoms with Crippen LogP contribution in [-0.2, 0) is 80.2 Å². The Morgan fingerprint density at radius 1 is 0.591 bits per heavy atom. The summed E-state index contributed by atoms with van der Waals surface area (Å²) in [6.07, 6.45) is -2.93. The largest absolute Gasteiger partial charge is 0.514 e. The highest BCUT2D eigenvalue weighted by molar-refractivity contribution is 9.10. The van der Waals surface area contributed by atoms with E-state index in [4.69, 9.17) is 18.9 Å². The van der Waals surface area contributed by atoms with Gasteiger partial charge in [0.15, 0.2) is 0 Å². The first-order chi connectivity index (χ1) is 41.9. The van der Waals surface area contributed by atoms with Gasteiger partial charge in [-0.1, -0.05) is 165 Å². The summed E-state index contributed by atoms with van der Waals surface area (Å²) in [6.45, 7) is 13.3. The fourth-order valence-corrected chi connectivity index (χ4v) is 9.63. The molecule has 0 aromatic heterocycles. The summed E-state index contributed by atoms with van der Waals surface area (Å²) < 4.78 is 23.3. The van der Waals surface area contributed by atoms with E-state index in [1.165, 1.54) is 12.1 Å². The molecule has 3 unspecified atom stereocenters. The van der Waals surface area contributed by atoms with E-state index >= 15 is 0 Å². The maximum Gasteiger partial charge on any atom is 0.514 e. The Morgan fingerprint density at radius 3 is 1.69 bits per heavy atom. The van der Waals surface area contributed by atoms with Crippen LogP contribution >= 0.6 is 15.9 Å². The number of carbonyl (C=O) groups excluding carboxylic acids is 9. The third-order valence-electron chi connectivity index (χ3n) is 14.5. The van der Waals surface area contributed by atoms with Crippen molar-refractivity contribution in [1.82, 2.24) is 42.5 Å². The molecule has 88 heavy (non-hydrogen) atoms. The standard InChI is InChI=1S/C66H81BrN8O13/c1-9-41(4)55-62(81)71-52(35-43-19-13-10-14-20-43)59(78)75-56(42(5)85-38-46-23-17-12-18-24-46)63(82)70-51(37-45-27-31-49(32-28-45)87-65(84)86-39-47-25-29-48(67)30-26-47)57(76)68-34-33-50(58(77)74-55)69-61(80)54(40(2)3)73-60(79)53(36-44-21-15-11-16-22-44)72-64(83)88-66(6,7)8/h10-32,40-42,50-56H,9,33-39H2,1-8H3,(H,68,76)(H,69,80)(H,70,82)(H,71,81)(H,72,83)(H,73,79)(H,74,77)(H,75,78)/t41-,42+,50?,51?,52?,53-,54-,55-,56-/m0/s1. The lowest BCUT2D eigenvalue weighted by atomic mass is 9.96. The highest BCUT2D eigenvalue weighted by Gasteiger charge is 2.38. The van der Waals surface area contributed by atoms with Crippen LogP contribution in [0.5, 0.6) is 5.75 Å². The maximum atomic E-state index is 14.9. The molecule has 0 saturated carbocycles. The normalized spacial score (nSPS) is 19.3. The Labute approximate surface area is 522 Å². The maximum absolute atomic E-state index is 14.9. The number of hydrogen-bond acceptors (Lipinski definition) is 13. The molecule has 470 valence electrons. The van der Waals surface area contributed by atoms with Gasteiger partial charge in [-0.3, -0.25) is 33.6 Å². The summed E-state index contributed by atoms with van der Waals surface area (Å²) in [5, 5.41) is 22.3. The molecular formula is C66H81BrN8O13. The second kappa shape index (κ2) is 33.5. The second-order valence-electron chi connectivity index (χ2n) is 23.0. The molecule has 1 saturated heterocycles. The molecule has 0 bridgehead atoms. The summed E-state index contributed by atoms with van der Waals surface area (Å²) in [6, 6.07) is 30.9. The van der Waals surface area contributed by atoms with Gasteiger partial charge in [0.1, 0.15) is 60.3 Å². The van der Waals surface area contributed by atoms with Crippen molar-refractivity contribution in [2.24, 2.45) is 11.8 Å². The Kier molecular flexibility index (Phi) is 26.1. The van der Waals surface area contributed by atoms with Gasteiger partial charge in [-0.2, -0.15) is 0 Å². The Balaban J connectivity index is 1.33. The molecule has 21 nitrogen and oxygen atoms in total. The van der Waals surface area contributed by atoms with Gasteiger partial charge >= 0.3 is 12.2 Å². The smallest absolute Gasteiger partial charge is 0.444 e. The third kappa shape index (κ3) is 22.3. The highest BCUT2D eigenvalue weighted by Crippen LogP contribution is 2.19. The van der Waals surface area contributed by atoms with Gasteiger partial charge in [-0.15, -0.1) is 0 Å². The van der Waals surface area contributed by atoms with Gasteiger partial charge in [0.05, 0.1) is 12.7 Å². The van der Waals surface area contributed by atoms with Crippen molar-refractivity contribution in [3.8, 4) is 5.75 Å². The minimum atomic E-state index is -1.47. The van der Waals surface area contributed by atoms with Gasteiger partial charge in [0.25, 0.3) is 0 Å². The topological polar surface area (TPSA) is 287 Å². The van der Waals surface area contributed by atoms with E-state index in [-0.39, 0.29) is 51.2 Å². The summed E-state index contributed by atoms with van der Waals surface area (Å²) in [4.78, 5) is 129. The van der Waals surface area contributed by atoms with Crippen LogP contribution in [0.3, 0.4) is 0 Å². The number of benzene rings is 5. The van der Waals surface area contributed by atoms with Gasteiger partial charge in [0, 0.05) is 30.3 Å². The van der Waals surface area contributed by atoms with Crippen molar-refractivity contribution < 1.29 is 62.1 Å². The lowest BCUT2D eigenvalue weighted by Crippen LogP contribution is -2.62. The van der Waals surface area contributed by atoms with E-state index in [1.807, 2.05) is 49.4 Å². The minimum Gasteiger partial charge on any atom is -0.444 e. The zero-order chi connectivity index (χ0) is 63.9. The van der Waals surface area contributed by atoms with Crippen LogP contribution < -0.4 is 47.3 Å². The number of ether oxygens (including phenoxy) is 4. The molecule has 8 N–H and O–H groups in total. The van der Waals surface area contributed by atoms with E-state index in [1.54, 1.807) is 133 Å². The minimum absolute atomic E-state index is 0.0314. The van der Waals surface area contributed by atoms with Crippen LogP contribution in [0.15, 0.2) is 144 Å². The molecular weight excluding hydrogens is 1190 g/mol. The summed E-state index contributed by atoms with van der Waals surface area (Å²) in [7, 11) is 0. The lowest BCUT2D eigenvalue weighted by molar-refractivity contribution is -0.137. The van der Waals surface area contributed by atoms with Crippen molar-refractivity contribution in [3.05, 3.63) is 172 Å². The molecule has 5 aromatic rings. The third-order valence-corrected chi connectivity index (χ3v) is 15.0. The van der Waals surface area contributed by atoms with Crippen LogP contribution in [0.4, 0.5) is 9.59 Å². The molecule has 1 aliphatic rings. The zero-order valence-corrected chi connectivity index (χ0v) is 52.5. The number of halogens is 1. The molecule has 9 atom stereocenters. The molecule has 1 heterocycles. The number of hydrogen-bond donors (Lipinski definition) is 8. The first-order valence-corrected chi connectivity index (χ1v) is 30.2. The number of rotatable bonds is 21. The monoisotopic (exact) mass is 1270 g/mol. The highest BCUT2D eigenvalue weighted by atomic mass is 79.9. The van der Waals surface area contributed by atoms with E-state index in [0.29, 0.717) is 23.1 Å². The number of nitrogens with one attached hydrogen (secondary N) is 8. The Morgan fingerprint density at radius 2 is 1.11 bits per heavy atom. The van der Waals surface area contributed by atoms with Gasteiger partial charge in [-0.05, 0) is 98.0 Å². The van der Waals surface area contributed by atoms with E-state index < -0.39 is 119 Å². The van der Waals surface area contributed by atoms with Crippen LogP contribution in [0, 0.1) is 11.8 Å². The van der Waals surface area contributed by atoms with Crippen LogP contribution in [-0.4, -0.2) is 114 Å². The number of alkyl carbamates (subject to hydrolysis) is 1. The van der Waals surface area contributed by atoms with Crippen molar-refractivity contribution in [1.29, 1.82) is 0 Å². The van der Waals surface area contributed by atoms with Gasteiger partial charge in [0.2, 0.25) is 41.4 Å². The Bertz CT molecular complexity index is 3130. The molecule has 6 rings (SSSR count). The second-order valence-corrected chi connectivity index (χ2v) is 24.0. The van der Waals surface area contributed by atoms with E-state index in [9.17, 15) is 43.2 Å². The number of carbonyl (C=O) groups is 9. The average molecular weight is 1270 g/mol. The zero-order valence-electron chi connectivity index (χ0n) is 50.9. The summed E-state index contributed by atoms with van der Waals surface area (Å²) >= 11 is 3.38. The molecule has 1 aliphatic heterocycles. The quantitative estimate of drug-likeness (QED) is 0.0277. The van der Waals surface area contributed by atoms with E-state index in [2.05, 4.69) is 58.5 Å². The summed E-state index contributed by atoms with van der Waals surface area (Å²) in [5.41, 5.74) is 2.47. The van der Waals surface area contributed by atoms with Crippen LogP contribution in [0.1, 0.15) is 96.0 Å². The predicted octanol–water partition coefficient (Wildman–Crippen LogP) is 6.82. The van der Waals surface area contributed by atoms with Gasteiger partial charge < -0.3 is 61.5 Å². The molecule has 8 amide bonds. The van der Waals surface area contributed by atoms with Crippen molar-refractivity contribution in [2.45, 2.75) is 155 Å². The summed E-state index contributed by atoms with van der Waals surface area (Å²) in [5.74, 6) is -6.42. The van der Waals surface area contributed by atoms with Crippen molar-refractivity contribution in [2.75, 3.05) is 6.54 Å². The molecule has 5 aromatic carbocycles. The first-order valence-electron chi connectivity index (χ1n) is 29.5. The van der Waals surface area contributed by atoms with Gasteiger partial charge in [-0.25, -0.2) is 9.59 Å². The SMILES string of the molecule is CC[C@H](C)[C@@H]1NC(=O)C(NC(=O)[C@@H](NC(=O)[C@H](Cc2ccccc2)NC(=O)OC(C)(C)C)C(C)C)CCNC(=O)C(Cc2ccc(OC(=O)OCc3ccc(Br)cc3)cc2)NC(=O)[C@H]([C@@H](C)OCc2ccccc2)NC(=O)C(Cc2ccccc2)NC1=O. The number of amides is 8. The molecule has 22 heteroatoms. The lowest BCUT2D eigenvalue weighted by Gasteiger charge is -2.30. The van der Waals surface area contributed by atoms with Crippen molar-refractivity contribution >= 4 is 69.5 Å². The molecule has 1 fully saturated rings. The fourth-order valence-electron chi connectivity index (χ4n) is 9.36. The molecule has 0 aliphatic carbocycles. The molecule has 0 radical (unpaired) electrons. The predicted molar refractivity (Wildman–Crippen MR) is 333 cm³/mol. The molecule has 0 spiro atoms. The van der Waals surface area contributed by atoms with Crippen LogP contribution in [0.25, 0.3) is 0 Å². The van der Waals surface area contributed by atoms with Crippen LogP contribution in [0.2, 0.25) is 0 Å². The average Bonchev–Trinajstić information content (AvgIpc) is 3.71. The Hall–Kier alpha value is -8.63. The first kappa shape index (κ1) is 68.5. The van der Waals surface area contributed by atoms with Crippen molar-refractivity contribution in [3.63, 3.8) is 0 Å². The fraction of sp³-hybridized carbons (Fsp3) is 0.409. The van der Waals surface area contributed by atoms with E-state index in [0.717, 1.165) is 15.6 Å².